The molecular weight excluding hydrogens is 188 g/mol. The van der Waals surface area contributed by atoms with Crippen LogP contribution in [0.15, 0.2) is 24.3 Å². The average molecular weight is 201 g/mol. The van der Waals surface area contributed by atoms with Crippen LogP contribution in [0.5, 0.6) is 5.75 Å². The quantitative estimate of drug-likeness (QED) is 0.752. The minimum atomic E-state index is -0.463. The fourth-order valence-corrected chi connectivity index (χ4v) is 1.20. The predicted octanol–water partition coefficient (Wildman–Crippen LogP) is 1.84. The molecule has 0 aliphatic heterocycles. The third-order valence-corrected chi connectivity index (χ3v) is 2.16. The molecule has 0 aliphatic carbocycles. The molecule has 1 atom stereocenters. The Kier molecular flexibility index (Phi) is 4.06. The molecule has 0 amide bonds. The van der Waals surface area contributed by atoms with E-state index in [0.717, 1.165) is 11.3 Å². The minimum absolute atomic E-state index is 0.270. The summed E-state index contributed by atoms with van der Waals surface area (Å²) in [5, 5.41) is 9.27. The maximum Gasteiger partial charge on any atom is 0.118 e. The molecule has 2 nitrogen and oxygen atoms in total. The van der Waals surface area contributed by atoms with Crippen LogP contribution in [0.4, 0.5) is 0 Å². The zero-order valence-corrected chi connectivity index (χ0v) is 8.29. The van der Waals surface area contributed by atoms with Crippen molar-refractivity contribution in [2.45, 2.75) is 12.5 Å². The molecular formula is C10H13ClO2. The topological polar surface area (TPSA) is 29.5 Å². The summed E-state index contributed by atoms with van der Waals surface area (Å²) in [4.78, 5) is 0. The Morgan fingerprint density at radius 2 is 2.00 bits per heavy atom. The number of alkyl halides is 1. The number of aliphatic hydroxyl groups is 1. The lowest BCUT2D eigenvalue weighted by Gasteiger charge is -2.06. The van der Waals surface area contributed by atoms with E-state index in [1.165, 1.54) is 0 Å². The van der Waals surface area contributed by atoms with Gasteiger partial charge in [-0.05, 0) is 24.1 Å². The Labute approximate surface area is 83.1 Å². The summed E-state index contributed by atoms with van der Waals surface area (Å²) in [5.74, 6) is 1.09. The lowest BCUT2D eigenvalue weighted by Crippen LogP contribution is -2.11. The second-order valence-corrected chi connectivity index (χ2v) is 3.17. The number of halogens is 1. The van der Waals surface area contributed by atoms with Gasteiger partial charge in [-0.1, -0.05) is 12.1 Å². The van der Waals surface area contributed by atoms with Gasteiger partial charge < -0.3 is 9.84 Å². The van der Waals surface area contributed by atoms with Gasteiger partial charge in [0, 0.05) is 5.88 Å². The van der Waals surface area contributed by atoms with Crippen molar-refractivity contribution in [2.75, 3.05) is 13.0 Å². The van der Waals surface area contributed by atoms with Crippen molar-refractivity contribution in [3.63, 3.8) is 0 Å². The monoisotopic (exact) mass is 200 g/mol. The highest BCUT2D eigenvalue weighted by atomic mass is 35.5. The first-order valence-corrected chi connectivity index (χ1v) is 4.66. The fraction of sp³-hybridized carbons (Fsp3) is 0.400. The number of methoxy groups -OCH3 is 1. The van der Waals surface area contributed by atoms with Crippen LogP contribution in [-0.2, 0) is 6.42 Å². The van der Waals surface area contributed by atoms with E-state index < -0.39 is 6.10 Å². The third kappa shape index (κ3) is 3.25. The number of ether oxygens (including phenoxy) is 1. The van der Waals surface area contributed by atoms with Gasteiger partial charge >= 0.3 is 0 Å². The number of rotatable bonds is 4. The normalized spacial score (nSPS) is 12.5. The van der Waals surface area contributed by atoms with Crippen LogP contribution in [0.25, 0.3) is 0 Å². The molecule has 72 valence electrons. The van der Waals surface area contributed by atoms with E-state index in [1.807, 2.05) is 24.3 Å². The molecule has 0 aromatic heterocycles. The summed E-state index contributed by atoms with van der Waals surface area (Å²) in [7, 11) is 1.63. The molecule has 0 unspecified atom stereocenters. The second-order valence-electron chi connectivity index (χ2n) is 2.86. The molecule has 1 N–H and O–H groups in total. The SMILES string of the molecule is COc1ccc(C[C@H](O)CCl)cc1. The van der Waals surface area contributed by atoms with E-state index in [9.17, 15) is 5.11 Å². The molecule has 1 aromatic rings. The van der Waals surface area contributed by atoms with Gasteiger partial charge in [0.2, 0.25) is 0 Å². The van der Waals surface area contributed by atoms with Crippen LogP contribution in [0.1, 0.15) is 5.56 Å². The van der Waals surface area contributed by atoms with Crippen molar-refractivity contribution in [2.24, 2.45) is 0 Å². The van der Waals surface area contributed by atoms with Crippen LogP contribution in [0, 0.1) is 0 Å². The first kappa shape index (κ1) is 10.4. The molecule has 0 radical (unpaired) electrons. The van der Waals surface area contributed by atoms with Gasteiger partial charge in [0.05, 0.1) is 13.2 Å². The molecule has 0 saturated heterocycles. The van der Waals surface area contributed by atoms with Crippen molar-refractivity contribution in [3.8, 4) is 5.75 Å². The van der Waals surface area contributed by atoms with Gasteiger partial charge in [-0.2, -0.15) is 0 Å². The van der Waals surface area contributed by atoms with E-state index in [-0.39, 0.29) is 5.88 Å². The van der Waals surface area contributed by atoms with Gasteiger partial charge in [-0.3, -0.25) is 0 Å². The molecule has 0 aliphatic rings. The van der Waals surface area contributed by atoms with Crippen LogP contribution < -0.4 is 4.74 Å². The number of benzene rings is 1. The zero-order chi connectivity index (χ0) is 9.68. The highest BCUT2D eigenvalue weighted by molar-refractivity contribution is 6.18. The Morgan fingerprint density at radius 1 is 1.38 bits per heavy atom. The Hall–Kier alpha value is -0.730. The Balaban J connectivity index is 2.58. The first-order valence-electron chi connectivity index (χ1n) is 4.13. The van der Waals surface area contributed by atoms with Gasteiger partial charge in [0.1, 0.15) is 5.75 Å². The van der Waals surface area contributed by atoms with E-state index in [4.69, 9.17) is 16.3 Å². The molecule has 0 saturated carbocycles. The van der Waals surface area contributed by atoms with Gasteiger partial charge in [0.15, 0.2) is 0 Å². The van der Waals surface area contributed by atoms with Crippen molar-refractivity contribution < 1.29 is 9.84 Å². The largest absolute Gasteiger partial charge is 0.497 e. The molecule has 1 rings (SSSR count). The average Bonchev–Trinajstić information content (AvgIpc) is 2.19. The highest BCUT2D eigenvalue weighted by Gasteiger charge is 2.03. The van der Waals surface area contributed by atoms with Crippen molar-refractivity contribution in [1.82, 2.24) is 0 Å². The standard InChI is InChI=1S/C10H13ClO2/c1-13-10-4-2-8(3-5-10)6-9(12)7-11/h2-5,9,12H,6-7H2,1H3/t9-/m0/s1. The molecule has 0 bridgehead atoms. The predicted molar refractivity (Wildman–Crippen MR) is 53.4 cm³/mol. The van der Waals surface area contributed by atoms with Crippen molar-refractivity contribution in [3.05, 3.63) is 29.8 Å². The molecule has 13 heavy (non-hydrogen) atoms. The van der Waals surface area contributed by atoms with Crippen LogP contribution in [0.2, 0.25) is 0 Å². The van der Waals surface area contributed by atoms with Crippen LogP contribution >= 0.6 is 11.6 Å². The maximum atomic E-state index is 9.27. The summed E-state index contributed by atoms with van der Waals surface area (Å²) in [5.41, 5.74) is 1.06. The Bertz CT molecular complexity index is 246. The third-order valence-electron chi connectivity index (χ3n) is 1.81. The summed E-state index contributed by atoms with van der Waals surface area (Å²) >= 11 is 5.49. The molecule has 0 spiro atoms. The number of hydrogen-bond acceptors (Lipinski definition) is 2. The van der Waals surface area contributed by atoms with Crippen LogP contribution in [0.3, 0.4) is 0 Å². The van der Waals surface area contributed by atoms with E-state index >= 15 is 0 Å². The highest BCUT2D eigenvalue weighted by Crippen LogP contribution is 2.12. The molecule has 1 aromatic carbocycles. The van der Waals surface area contributed by atoms with Gasteiger partial charge in [-0.25, -0.2) is 0 Å². The Morgan fingerprint density at radius 3 is 2.46 bits per heavy atom. The summed E-state index contributed by atoms with van der Waals surface area (Å²) in [6, 6.07) is 7.59. The smallest absolute Gasteiger partial charge is 0.118 e. The summed E-state index contributed by atoms with van der Waals surface area (Å²) in [6.07, 6.45) is 0.128. The van der Waals surface area contributed by atoms with Gasteiger partial charge in [-0.15, -0.1) is 11.6 Å². The van der Waals surface area contributed by atoms with Crippen molar-refractivity contribution >= 4 is 11.6 Å². The van der Waals surface area contributed by atoms with E-state index in [2.05, 4.69) is 0 Å². The number of aliphatic hydroxyl groups excluding tert-OH is 1. The summed E-state index contributed by atoms with van der Waals surface area (Å²) < 4.78 is 5.01. The van der Waals surface area contributed by atoms with Gasteiger partial charge in [0.25, 0.3) is 0 Å². The first-order chi connectivity index (χ1) is 6.26. The summed E-state index contributed by atoms with van der Waals surface area (Å²) in [6.45, 7) is 0. The van der Waals surface area contributed by atoms with Crippen molar-refractivity contribution in [1.29, 1.82) is 0 Å². The minimum Gasteiger partial charge on any atom is -0.497 e. The molecule has 0 heterocycles. The van der Waals surface area contributed by atoms with Crippen LogP contribution in [-0.4, -0.2) is 24.2 Å². The molecule has 3 heteroatoms. The van der Waals surface area contributed by atoms with E-state index in [1.54, 1.807) is 7.11 Å². The second kappa shape index (κ2) is 5.10. The zero-order valence-electron chi connectivity index (χ0n) is 7.53. The lowest BCUT2D eigenvalue weighted by molar-refractivity contribution is 0.198. The maximum absolute atomic E-state index is 9.27. The fourth-order valence-electron chi connectivity index (χ4n) is 1.09. The molecule has 0 fully saturated rings. The van der Waals surface area contributed by atoms with E-state index in [0.29, 0.717) is 6.42 Å². The lowest BCUT2D eigenvalue weighted by atomic mass is 10.1. The number of hydrogen-bond donors (Lipinski definition) is 1.